The lowest BCUT2D eigenvalue weighted by Crippen LogP contribution is -2.01. The molecule has 1 atom stereocenters. The van der Waals surface area contributed by atoms with E-state index < -0.39 is 0 Å². The largest absolute Gasteiger partial charge is 0.295 e. The number of rotatable bonds is 2. The second kappa shape index (κ2) is 5.19. The maximum absolute atomic E-state index is 13.4. The Bertz CT molecular complexity index is 783. The molecule has 0 fully saturated rings. The number of imidazole rings is 1. The number of halogens is 3. The molecule has 1 unspecified atom stereocenters. The van der Waals surface area contributed by atoms with E-state index in [-0.39, 0.29) is 11.2 Å². The zero-order chi connectivity index (χ0) is 14.3. The van der Waals surface area contributed by atoms with E-state index in [0.717, 1.165) is 15.7 Å². The third-order valence-corrected chi connectivity index (χ3v) is 3.75. The van der Waals surface area contributed by atoms with Crippen LogP contribution in [0.4, 0.5) is 4.39 Å². The summed E-state index contributed by atoms with van der Waals surface area (Å²) in [6.07, 6.45) is 0. The van der Waals surface area contributed by atoms with E-state index in [9.17, 15) is 4.39 Å². The molecule has 2 aromatic carbocycles. The fourth-order valence-electron chi connectivity index (χ4n) is 2.23. The average molecular weight is 354 g/mol. The van der Waals surface area contributed by atoms with Gasteiger partial charge in [-0.2, -0.15) is 0 Å². The number of fused-ring (bicyclic) bond motifs is 1. The molecule has 0 amide bonds. The van der Waals surface area contributed by atoms with Gasteiger partial charge in [-0.1, -0.05) is 22.0 Å². The summed E-state index contributed by atoms with van der Waals surface area (Å²) in [7, 11) is 0. The van der Waals surface area contributed by atoms with Crippen LogP contribution in [0.1, 0.15) is 18.1 Å². The van der Waals surface area contributed by atoms with Gasteiger partial charge in [-0.3, -0.25) is 4.57 Å². The third-order valence-electron chi connectivity index (χ3n) is 3.06. The van der Waals surface area contributed by atoms with E-state index in [0.29, 0.717) is 11.3 Å². The fourth-order valence-corrected chi connectivity index (χ4v) is 2.76. The van der Waals surface area contributed by atoms with Gasteiger partial charge in [0.05, 0.1) is 16.4 Å². The van der Waals surface area contributed by atoms with Crippen LogP contribution in [0.25, 0.3) is 16.7 Å². The first-order chi connectivity index (χ1) is 9.56. The maximum Gasteiger partial charge on any atom is 0.132 e. The lowest BCUT2D eigenvalue weighted by molar-refractivity contribution is 0.629. The Kier molecular flexibility index (Phi) is 3.52. The van der Waals surface area contributed by atoms with Crippen molar-refractivity contribution >= 4 is 38.6 Å². The highest BCUT2D eigenvalue weighted by Crippen LogP contribution is 2.29. The van der Waals surface area contributed by atoms with E-state index in [1.165, 1.54) is 12.1 Å². The molecule has 5 heteroatoms. The van der Waals surface area contributed by atoms with Crippen LogP contribution >= 0.6 is 27.5 Å². The van der Waals surface area contributed by atoms with Crippen molar-refractivity contribution in [1.82, 2.24) is 9.55 Å². The number of benzene rings is 2. The molecule has 0 N–H and O–H groups in total. The lowest BCUT2D eigenvalue weighted by atomic mass is 10.2. The van der Waals surface area contributed by atoms with Gasteiger partial charge < -0.3 is 0 Å². The van der Waals surface area contributed by atoms with Crippen LogP contribution in [0, 0.1) is 5.82 Å². The zero-order valence-electron chi connectivity index (χ0n) is 10.6. The molecule has 0 bridgehead atoms. The molecule has 0 aliphatic heterocycles. The van der Waals surface area contributed by atoms with Crippen LogP contribution in [-0.4, -0.2) is 9.55 Å². The normalized spacial score (nSPS) is 12.8. The molecule has 0 aliphatic carbocycles. The third kappa shape index (κ3) is 2.34. The minimum atomic E-state index is -0.301. The molecule has 1 heterocycles. The van der Waals surface area contributed by atoms with Crippen LogP contribution in [0.3, 0.4) is 0 Å². The Morgan fingerprint density at radius 1 is 1.25 bits per heavy atom. The standard InChI is InChI=1S/C15H11BrClFN2/c1-9(17)15-19-13-8-11(18)5-6-14(13)20(15)12-4-2-3-10(16)7-12/h2-9H,1H3. The SMILES string of the molecule is CC(Cl)c1nc2cc(F)ccc2n1-c1cccc(Br)c1. The first-order valence-electron chi connectivity index (χ1n) is 6.14. The van der Waals surface area contributed by atoms with Gasteiger partial charge in [-0.05, 0) is 37.3 Å². The van der Waals surface area contributed by atoms with Gasteiger partial charge in [-0.25, -0.2) is 9.37 Å². The summed E-state index contributed by atoms with van der Waals surface area (Å²) in [4.78, 5) is 4.45. The summed E-state index contributed by atoms with van der Waals surface area (Å²) in [5.41, 5.74) is 2.38. The minimum absolute atomic E-state index is 0.274. The Morgan fingerprint density at radius 2 is 2.05 bits per heavy atom. The quantitative estimate of drug-likeness (QED) is 0.577. The minimum Gasteiger partial charge on any atom is -0.295 e. The Morgan fingerprint density at radius 3 is 2.75 bits per heavy atom. The van der Waals surface area contributed by atoms with Crippen LogP contribution < -0.4 is 0 Å². The highest BCUT2D eigenvalue weighted by molar-refractivity contribution is 9.10. The Hall–Kier alpha value is -1.39. The first-order valence-corrected chi connectivity index (χ1v) is 7.37. The summed E-state index contributed by atoms with van der Waals surface area (Å²) < 4.78 is 16.3. The van der Waals surface area contributed by atoms with Crippen molar-refractivity contribution in [2.45, 2.75) is 12.3 Å². The van der Waals surface area contributed by atoms with Crippen molar-refractivity contribution in [3.63, 3.8) is 0 Å². The van der Waals surface area contributed by atoms with Crippen molar-refractivity contribution in [3.8, 4) is 5.69 Å². The van der Waals surface area contributed by atoms with Crippen LogP contribution in [0.5, 0.6) is 0 Å². The zero-order valence-corrected chi connectivity index (χ0v) is 13.0. The predicted molar refractivity (Wildman–Crippen MR) is 83.0 cm³/mol. The van der Waals surface area contributed by atoms with Crippen molar-refractivity contribution in [2.75, 3.05) is 0 Å². The molecule has 0 saturated heterocycles. The van der Waals surface area contributed by atoms with Gasteiger partial charge in [0.15, 0.2) is 0 Å². The van der Waals surface area contributed by atoms with Gasteiger partial charge in [0.2, 0.25) is 0 Å². The average Bonchev–Trinajstić information content (AvgIpc) is 2.77. The maximum atomic E-state index is 13.4. The molecule has 0 spiro atoms. The summed E-state index contributed by atoms with van der Waals surface area (Å²) in [6, 6.07) is 12.4. The second-order valence-electron chi connectivity index (χ2n) is 4.53. The van der Waals surface area contributed by atoms with Crippen LogP contribution in [0.2, 0.25) is 0 Å². The number of nitrogens with zero attached hydrogens (tertiary/aromatic N) is 2. The summed E-state index contributed by atoms with van der Waals surface area (Å²) in [5.74, 6) is 0.399. The van der Waals surface area contributed by atoms with Gasteiger partial charge in [0, 0.05) is 16.2 Å². The molecule has 2 nitrogen and oxygen atoms in total. The molecule has 102 valence electrons. The van der Waals surface area contributed by atoms with Crippen molar-refractivity contribution in [3.05, 3.63) is 58.6 Å². The molecule has 3 aromatic rings. The second-order valence-corrected chi connectivity index (χ2v) is 6.10. The van der Waals surface area contributed by atoms with E-state index in [1.54, 1.807) is 6.07 Å². The van der Waals surface area contributed by atoms with E-state index in [1.807, 2.05) is 35.8 Å². The summed E-state index contributed by atoms with van der Waals surface area (Å²) in [6.45, 7) is 1.85. The lowest BCUT2D eigenvalue weighted by Gasteiger charge is -2.10. The molecule has 3 rings (SSSR count). The topological polar surface area (TPSA) is 17.8 Å². The monoisotopic (exact) mass is 352 g/mol. The molecule has 20 heavy (non-hydrogen) atoms. The van der Waals surface area contributed by atoms with Gasteiger partial charge >= 0.3 is 0 Å². The van der Waals surface area contributed by atoms with Crippen molar-refractivity contribution < 1.29 is 4.39 Å². The fraction of sp³-hybridized carbons (Fsp3) is 0.133. The smallest absolute Gasteiger partial charge is 0.132 e. The summed E-state index contributed by atoms with van der Waals surface area (Å²) >= 11 is 9.68. The molecular formula is C15H11BrClFN2. The number of hydrogen-bond acceptors (Lipinski definition) is 1. The van der Waals surface area contributed by atoms with Gasteiger partial charge in [0.25, 0.3) is 0 Å². The van der Waals surface area contributed by atoms with E-state index in [2.05, 4.69) is 20.9 Å². The predicted octanol–water partition coefficient (Wildman–Crippen LogP) is 5.23. The highest BCUT2D eigenvalue weighted by Gasteiger charge is 2.16. The van der Waals surface area contributed by atoms with Crippen molar-refractivity contribution in [2.24, 2.45) is 0 Å². The first kappa shape index (κ1) is 13.6. The van der Waals surface area contributed by atoms with Crippen LogP contribution in [-0.2, 0) is 0 Å². The molecule has 1 aromatic heterocycles. The van der Waals surface area contributed by atoms with Gasteiger partial charge in [-0.15, -0.1) is 11.6 Å². The molecular weight excluding hydrogens is 343 g/mol. The van der Waals surface area contributed by atoms with Crippen LogP contribution in [0.15, 0.2) is 46.9 Å². The van der Waals surface area contributed by atoms with E-state index in [4.69, 9.17) is 11.6 Å². The molecule has 0 radical (unpaired) electrons. The highest BCUT2D eigenvalue weighted by atomic mass is 79.9. The number of aromatic nitrogens is 2. The molecule has 0 saturated carbocycles. The number of alkyl halides is 1. The van der Waals surface area contributed by atoms with Gasteiger partial charge in [0.1, 0.15) is 11.6 Å². The Balaban J connectivity index is 2.34. The Labute approximate surface area is 129 Å². The summed E-state index contributed by atoms with van der Waals surface area (Å²) in [5, 5.41) is -0.274. The number of hydrogen-bond donors (Lipinski definition) is 0. The molecule has 0 aliphatic rings. The van der Waals surface area contributed by atoms with E-state index >= 15 is 0 Å². The van der Waals surface area contributed by atoms with Crippen molar-refractivity contribution in [1.29, 1.82) is 0 Å².